The second kappa shape index (κ2) is 8.08. The summed E-state index contributed by atoms with van der Waals surface area (Å²) in [6, 6.07) is 2.03. The van der Waals surface area contributed by atoms with Crippen LogP contribution in [0.1, 0.15) is 52.2 Å². The molecule has 23 heavy (non-hydrogen) atoms. The summed E-state index contributed by atoms with van der Waals surface area (Å²) in [6.07, 6.45) is 8.31. The first kappa shape index (κ1) is 16.7. The molecular weight excluding hydrogens is 330 g/mol. The SMILES string of the molecule is O=C(NNC(=S)NC[C@@H]1CCCO1)c1cc2c(s1)CCCCC2. The van der Waals surface area contributed by atoms with Gasteiger partial charge in [0, 0.05) is 18.0 Å². The van der Waals surface area contributed by atoms with Crippen molar-refractivity contribution in [2.45, 2.75) is 51.0 Å². The fourth-order valence-corrected chi connectivity index (χ4v) is 4.29. The number of hydrogen-bond donors (Lipinski definition) is 3. The molecule has 1 aromatic heterocycles. The number of thiocarbonyl (C=S) groups is 1. The van der Waals surface area contributed by atoms with Crippen LogP contribution in [0.3, 0.4) is 0 Å². The van der Waals surface area contributed by atoms with Gasteiger partial charge >= 0.3 is 0 Å². The Morgan fingerprint density at radius 2 is 2.13 bits per heavy atom. The average molecular weight is 354 g/mol. The van der Waals surface area contributed by atoms with Crippen molar-refractivity contribution in [3.8, 4) is 0 Å². The van der Waals surface area contributed by atoms with Gasteiger partial charge in [-0.25, -0.2) is 0 Å². The lowest BCUT2D eigenvalue weighted by atomic mass is 10.1. The van der Waals surface area contributed by atoms with Gasteiger partial charge in [0.25, 0.3) is 5.91 Å². The molecule has 2 aliphatic rings. The van der Waals surface area contributed by atoms with Crippen molar-refractivity contribution in [2.75, 3.05) is 13.2 Å². The van der Waals surface area contributed by atoms with E-state index in [1.54, 1.807) is 11.3 Å². The van der Waals surface area contributed by atoms with Crippen LogP contribution in [0.15, 0.2) is 6.07 Å². The number of rotatable bonds is 3. The molecule has 1 amide bonds. The Bertz CT molecular complexity index is 544. The Morgan fingerprint density at radius 1 is 1.26 bits per heavy atom. The molecule has 2 heterocycles. The predicted octanol–water partition coefficient (Wildman–Crippen LogP) is 2.30. The van der Waals surface area contributed by atoms with E-state index in [0.29, 0.717) is 11.7 Å². The third-order valence-electron chi connectivity index (χ3n) is 4.27. The molecule has 1 aliphatic carbocycles. The Hall–Kier alpha value is -1.18. The third kappa shape index (κ3) is 4.65. The Balaban J connectivity index is 1.44. The standard InChI is InChI=1S/C16H23N3O2S2/c20-15(14-9-11-5-2-1-3-7-13(11)23-14)18-19-16(22)17-10-12-6-4-8-21-12/h9,12H,1-8,10H2,(H,18,20)(H2,17,19,22)/t12-/m0/s1. The van der Waals surface area contributed by atoms with Crippen molar-refractivity contribution in [3.05, 3.63) is 21.4 Å². The van der Waals surface area contributed by atoms with Crippen LogP contribution in [0.25, 0.3) is 0 Å². The van der Waals surface area contributed by atoms with E-state index in [0.717, 1.165) is 37.2 Å². The van der Waals surface area contributed by atoms with Gasteiger partial charge in [0.2, 0.25) is 0 Å². The van der Waals surface area contributed by atoms with Gasteiger partial charge in [0.1, 0.15) is 0 Å². The van der Waals surface area contributed by atoms with Gasteiger partial charge in [-0.15, -0.1) is 11.3 Å². The monoisotopic (exact) mass is 353 g/mol. The van der Waals surface area contributed by atoms with Gasteiger partial charge < -0.3 is 10.1 Å². The summed E-state index contributed by atoms with van der Waals surface area (Å²) in [5.74, 6) is -0.121. The highest BCUT2D eigenvalue weighted by Gasteiger charge is 2.17. The zero-order valence-corrected chi connectivity index (χ0v) is 14.8. The Morgan fingerprint density at radius 3 is 2.96 bits per heavy atom. The minimum absolute atomic E-state index is 0.121. The van der Waals surface area contributed by atoms with E-state index in [-0.39, 0.29) is 12.0 Å². The number of hydrogen-bond acceptors (Lipinski definition) is 4. The van der Waals surface area contributed by atoms with Crippen molar-refractivity contribution in [3.63, 3.8) is 0 Å². The fraction of sp³-hybridized carbons (Fsp3) is 0.625. The van der Waals surface area contributed by atoms with Gasteiger partial charge in [-0.05, 0) is 62.4 Å². The maximum Gasteiger partial charge on any atom is 0.279 e. The Labute approximate surface area is 146 Å². The third-order valence-corrected chi connectivity index (χ3v) is 5.76. The average Bonchev–Trinajstić information content (AvgIpc) is 3.16. The first-order valence-electron chi connectivity index (χ1n) is 8.30. The number of ether oxygens (including phenoxy) is 1. The van der Waals surface area contributed by atoms with Gasteiger partial charge in [0.15, 0.2) is 5.11 Å². The topological polar surface area (TPSA) is 62.4 Å². The van der Waals surface area contributed by atoms with Crippen molar-refractivity contribution in [1.29, 1.82) is 0 Å². The molecule has 1 atom stereocenters. The van der Waals surface area contributed by atoms with Gasteiger partial charge in [-0.2, -0.15) is 0 Å². The molecular formula is C16H23N3O2S2. The summed E-state index contributed by atoms with van der Waals surface area (Å²) in [4.78, 5) is 14.4. The summed E-state index contributed by atoms with van der Waals surface area (Å²) in [5.41, 5.74) is 6.79. The molecule has 1 aliphatic heterocycles. The quantitative estimate of drug-likeness (QED) is 0.442. The van der Waals surface area contributed by atoms with Crippen molar-refractivity contribution >= 4 is 34.6 Å². The van der Waals surface area contributed by atoms with Crippen LogP contribution in [0, 0.1) is 0 Å². The molecule has 0 radical (unpaired) electrons. The zero-order valence-electron chi connectivity index (χ0n) is 13.2. The van der Waals surface area contributed by atoms with Crippen molar-refractivity contribution in [2.24, 2.45) is 0 Å². The summed E-state index contributed by atoms with van der Waals surface area (Å²) < 4.78 is 5.52. The second-order valence-corrected chi connectivity index (χ2v) is 7.59. The molecule has 1 fully saturated rings. The van der Waals surface area contributed by atoms with E-state index in [4.69, 9.17) is 17.0 Å². The molecule has 1 aromatic rings. The predicted molar refractivity (Wildman–Crippen MR) is 95.8 cm³/mol. The first-order chi connectivity index (χ1) is 11.2. The molecule has 0 bridgehead atoms. The van der Waals surface area contributed by atoms with Crippen LogP contribution in [0.5, 0.6) is 0 Å². The highest BCUT2D eigenvalue weighted by Crippen LogP contribution is 2.28. The highest BCUT2D eigenvalue weighted by atomic mass is 32.1. The second-order valence-electron chi connectivity index (χ2n) is 6.04. The van der Waals surface area contributed by atoms with E-state index in [9.17, 15) is 4.79 Å². The maximum absolute atomic E-state index is 12.2. The van der Waals surface area contributed by atoms with E-state index in [1.807, 2.05) is 6.07 Å². The lowest BCUT2D eigenvalue weighted by Gasteiger charge is -2.14. The number of aryl methyl sites for hydroxylation is 2. The summed E-state index contributed by atoms with van der Waals surface area (Å²) in [5, 5.41) is 3.50. The van der Waals surface area contributed by atoms with Crippen LogP contribution < -0.4 is 16.2 Å². The number of nitrogens with one attached hydrogen (secondary N) is 3. The van der Waals surface area contributed by atoms with E-state index in [2.05, 4.69) is 16.2 Å². The molecule has 126 valence electrons. The molecule has 1 saturated heterocycles. The fourth-order valence-electron chi connectivity index (χ4n) is 3.01. The summed E-state index contributed by atoms with van der Waals surface area (Å²) in [6.45, 7) is 1.50. The number of carbonyl (C=O) groups is 1. The minimum Gasteiger partial charge on any atom is -0.376 e. The van der Waals surface area contributed by atoms with Crippen molar-refractivity contribution in [1.82, 2.24) is 16.2 Å². The van der Waals surface area contributed by atoms with Crippen LogP contribution in [0.4, 0.5) is 0 Å². The number of thiophene rings is 1. The molecule has 0 unspecified atom stereocenters. The summed E-state index contributed by atoms with van der Waals surface area (Å²) >= 11 is 6.78. The number of amides is 1. The van der Waals surface area contributed by atoms with Crippen LogP contribution >= 0.6 is 23.6 Å². The highest BCUT2D eigenvalue weighted by molar-refractivity contribution is 7.80. The normalized spacial score (nSPS) is 20.4. The van der Waals surface area contributed by atoms with E-state index >= 15 is 0 Å². The van der Waals surface area contributed by atoms with Crippen LogP contribution in [-0.2, 0) is 17.6 Å². The molecule has 3 N–H and O–H groups in total. The zero-order chi connectivity index (χ0) is 16.1. The minimum atomic E-state index is -0.121. The lowest BCUT2D eigenvalue weighted by molar-refractivity contribution is 0.0947. The molecule has 0 spiro atoms. The van der Waals surface area contributed by atoms with Gasteiger partial charge in [0.05, 0.1) is 11.0 Å². The number of fused-ring (bicyclic) bond motifs is 1. The van der Waals surface area contributed by atoms with Gasteiger partial charge in [-0.3, -0.25) is 15.6 Å². The largest absolute Gasteiger partial charge is 0.376 e. The van der Waals surface area contributed by atoms with E-state index in [1.165, 1.54) is 29.7 Å². The molecule has 0 aromatic carbocycles. The van der Waals surface area contributed by atoms with Crippen LogP contribution in [0.2, 0.25) is 0 Å². The molecule has 7 heteroatoms. The number of hydrazine groups is 1. The molecule has 0 saturated carbocycles. The van der Waals surface area contributed by atoms with Crippen LogP contribution in [-0.4, -0.2) is 30.3 Å². The molecule has 5 nitrogen and oxygen atoms in total. The van der Waals surface area contributed by atoms with Gasteiger partial charge in [-0.1, -0.05) is 6.42 Å². The first-order valence-corrected chi connectivity index (χ1v) is 9.52. The van der Waals surface area contributed by atoms with E-state index < -0.39 is 0 Å². The molecule has 3 rings (SSSR count). The smallest absolute Gasteiger partial charge is 0.279 e. The van der Waals surface area contributed by atoms with Crippen molar-refractivity contribution < 1.29 is 9.53 Å². The maximum atomic E-state index is 12.2. The Kier molecular flexibility index (Phi) is 5.85. The summed E-state index contributed by atoms with van der Waals surface area (Å²) in [7, 11) is 0. The lowest BCUT2D eigenvalue weighted by Crippen LogP contribution is -2.48. The number of carbonyl (C=O) groups excluding carboxylic acids is 1.